The van der Waals surface area contributed by atoms with E-state index < -0.39 is 5.41 Å². The summed E-state index contributed by atoms with van der Waals surface area (Å²) < 4.78 is 0. The van der Waals surface area contributed by atoms with Crippen LogP contribution in [0.5, 0.6) is 0 Å². The molecule has 208 valence electrons. The van der Waals surface area contributed by atoms with Crippen LogP contribution in [0.3, 0.4) is 0 Å². The quantitative estimate of drug-likeness (QED) is 0.253. The van der Waals surface area contributed by atoms with Gasteiger partial charge in [0, 0.05) is 59.7 Å². The van der Waals surface area contributed by atoms with Crippen LogP contribution in [0.4, 0.5) is 11.6 Å². The van der Waals surface area contributed by atoms with Gasteiger partial charge < -0.3 is 15.6 Å². The fourth-order valence-electron chi connectivity index (χ4n) is 5.13. The van der Waals surface area contributed by atoms with E-state index in [0.717, 1.165) is 74.0 Å². The molecule has 0 atom stereocenters. The van der Waals surface area contributed by atoms with E-state index in [-0.39, 0.29) is 5.95 Å². The van der Waals surface area contributed by atoms with Crippen LogP contribution in [-0.4, -0.2) is 36.9 Å². The van der Waals surface area contributed by atoms with E-state index in [4.69, 9.17) is 15.7 Å². The van der Waals surface area contributed by atoms with Gasteiger partial charge >= 0.3 is 0 Å². The third kappa shape index (κ3) is 4.63. The average Bonchev–Trinajstić information content (AvgIpc) is 3.57. The van der Waals surface area contributed by atoms with E-state index in [0.29, 0.717) is 0 Å². The lowest BCUT2D eigenvalue weighted by Gasteiger charge is -2.25. The number of aryl methyl sites for hydroxylation is 1. The molecule has 0 unspecified atom stereocenters. The third-order valence-corrected chi connectivity index (χ3v) is 7.67. The predicted molar refractivity (Wildman–Crippen MR) is 167 cm³/mol. The molecule has 0 amide bonds. The van der Waals surface area contributed by atoms with Gasteiger partial charge in [0.05, 0.1) is 28.6 Å². The Hall–Kier alpha value is -5.49. The minimum Gasteiger partial charge on any atom is -0.368 e. The first-order valence-corrected chi connectivity index (χ1v) is 13.7. The molecule has 0 bridgehead atoms. The Balaban J connectivity index is 1.38. The molecular weight excluding hydrogens is 522 g/mol. The number of rotatable bonds is 6. The number of pyridine rings is 2. The zero-order valence-electron chi connectivity index (χ0n) is 24.1. The monoisotopic (exact) mass is 553 g/mol. The summed E-state index contributed by atoms with van der Waals surface area (Å²) in [6.07, 6.45) is 8.37. The molecule has 0 aliphatic carbocycles. The molecule has 9 nitrogen and oxygen atoms in total. The third-order valence-electron chi connectivity index (χ3n) is 7.67. The van der Waals surface area contributed by atoms with Crippen molar-refractivity contribution < 1.29 is 0 Å². The molecule has 5 aromatic rings. The number of hydrogen-bond donors (Lipinski definition) is 2. The number of fused-ring (bicyclic) bond motifs is 1. The molecule has 0 spiro atoms. The highest BCUT2D eigenvalue weighted by Gasteiger charge is 2.28. The first-order chi connectivity index (χ1) is 20.2. The highest BCUT2D eigenvalue weighted by molar-refractivity contribution is 5.95. The van der Waals surface area contributed by atoms with Gasteiger partial charge in [0.25, 0.3) is 0 Å². The molecule has 0 saturated carbocycles. The molecule has 0 fully saturated rings. The molecule has 5 heterocycles. The maximum atomic E-state index is 9.55. The number of nitrogens with zero attached hydrogens (tertiary/aromatic N) is 7. The largest absolute Gasteiger partial charge is 0.368 e. The molecule has 6 rings (SSSR count). The summed E-state index contributed by atoms with van der Waals surface area (Å²) in [5.74, 6) is 1.06. The van der Waals surface area contributed by atoms with Gasteiger partial charge in [-0.05, 0) is 67.8 Å². The van der Waals surface area contributed by atoms with Gasteiger partial charge in [-0.15, -0.1) is 0 Å². The molecule has 42 heavy (non-hydrogen) atoms. The summed E-state index contributed by atoms with van der Waals surface area (Å²) in [7, 11) is 1.97. The van der Waals surface area contributed by atoms with Crippen molar-refractivity contribution in [2.24, 2.45) is 0 Å². The predicted octanol–water partition coefficient (Wildman–Crippen LogP) is 6.25. The van der Waals surface area contributed by atoms with Crippen molar-refractivity contribution in [3.8, 4) is 28.5 Å². The van der Waals surface area contributed by atoms with Crippen molar-refractivity contribution in [2.75, 3.05) is 17.7 Å². The SMILES string of the molecule is C=C1N(C)C=C(c2cc(-c3cnc4[nH]cc(-c5cc(CC)nc(N)n5)c4c3)ccn2)N1c1ccc(C(C)(C)C#N)cc1. The Bertz CT molecular complexity index is 1910. The molecule has 1 aliphatic heterocycles. The number of benzene rings is 1. The first-order valence-electron chi connectivity index (χ1n) is 13.7. The number of nitrogens with one attached hydrogen (secondary N) is 1. The summed E-state index contributed by atoms with van der Waals surface area (Å²) >= 11 is 0. The van der Waals surface area contributed by atoms with Crippen LogP contribution >= 0.6 is 0 Å². The molecule has 3 N–H and O–H groups in total. The van der Waals surface area contributed by atoms with Gasteiger partial charge in [-0.3, -0.25) is 9.88 Å². The van der Waals surface area contributed by atoms with E-state index in [2.05, 4.69) is 44.6 Å². The molecule has 0 radical (unpaired) electrons. The van der Waals surface area contributed by atoms with Crippen LogP contribution in [0.25, 0.3) is 39.1 Å². The zero-order chi connectivity index (χ0) is 29.6. The number of nitrogens with two attached hydrogens (primary N) is 1. The number of anilines is 2. The second kappa shape index (κ2) is 10.2. The van der Waals surface area contributed by atoms with Crippen LogP contribution < -0.4 is 10.6 Å². The van der Waals surface area contributed by atoms with Crippen molar-refractivity contribution in [3.63, 3.8) is 0 Å². The molecule has 0 saturated heterocycles. The lowest BCUT2D eigenvalue weighted by atomic mass is 9.86. The smallest absolute Gasteiger partial charge is 0.220 e. The fourth-order valence-corrected chi connectivity index (χ4v) is 5.13. The fraction of sp³-hybridized carbons (Fsp3) is 0.182. The van der Waals surface area contributed by atoms with E-state index in [9.17, 15) is 5.26 Å². The molecule has 9 heteroatoms. The Morgan fingerprint density at radius 1 is 1.02 bits per heavy atom. The normalized spacial score (nSPS) is 13.5. The second-order valence-electron chi connectivity index (χ2n) is 10.9. The topological polar surface area (TPSA) is 124 Å². The molecular formula is C33H31N9. The van der Waals surface area contributed by atoms with Crippen molar-refractivity contribution in [3.05, 3.63) is 103 Å². The van der Waals surface area contributed by atoms with E-state index in [1.54, 1.807) is 0 Å². The highest BCUT2D eigenvalue weighted by Crippen LogP contribution is 2.38. The first kappa shape index (κ1) is 26.7. The summed E-state index contributed by atoms with van der Waals surface area (Å²) in [5, 5.41) is 10.5. The Kier molecular flexibility index (Phi) is 6.46. The van der Waals surface area contributed by atoms with Crippen LogP contribution in [-0.2, 0) is 11.8 Å². The van der Waals surface area contributed by atoms with Gasteiger partial charge in [-0.2, -0.15) is 5.26 Å². The van der Waals surface area contributed by atoms with E-state index in [1.165, 1.54) is 0 Å². The van der Waals surface area contributed by atoms with Crippen LogP contribution in [0.2, 0.25) is 0 Å². The summed E-state index contributed by atoms with van der Waals surface area (Å²) in [6.45, 7) is 10.2. The van der Waals surface area contributed by atoms with Gasteiger partial charge in [0.1, 0.15) is 11.5 Å². The molecule has 1 aromatic carbocycles. The van der Waals surface area contributed by atoms with E-state index >= 15 is 0 Å². The van der Waals surface area contributed by atoms with Crippen molar-refractivity contribution >= 4 is 28.4 Å². The lowest BCUT2D eigenvalue weighted by molar-refractivity contribution is 0.587. The van der Waals surface area contributed by atoms with Gasteiger partial charge in [0.15, 0.2) is 0 Å². The van der Waals surface area contributed by atoms with Gasteiger partial charge in [0.2, 0.25) is 5.95 Å². The van der Waals surface area contributed by atoms with Crippen LogP contribution in [0.1, 0.15) is 37.7 Å². The summed E-state index contributed by atoms with van der Waals surface area (Å²) in [5.41, 5.74) is 14.3. The lowest BCUT2D eigenvalue weighted by Crippen LogP contribution is -2.21. The number of H-pyrrole nitrogens is 1. The Labute approximate surface area is 244 Å². The van der Waals surface area contributed by atoms with Crippen molar-refractivity contribution in [1.82, 2.24) is 29.8 Å². The number of nitrogen functional groups attached to an aromatic ring is 1. The van der Waals surface area contributed by atoms with Gasteiger partial charge in [-0.25, -0.2) is 15.0 Å². The minimum absolute atomic E-state index is 0.256. The maximum absolute atomic E-state index is 9.55. The number of hydrogen-bond acceptors (Lipinski definition) is 8. The van der Waals surface area contributed by atoms with Crippen molar-refractivity contribution in [1.29, 1.82) is 5.26 Å². The summed E-state index contributed by atoms with van der Waals surface area (Å²) in [6, 6.07) is 18.5. The van der Waals surface area contributed by atoms with Crippen LogP contribution in [0, 0.1) is 11.3 Å². The standard InChI is InChI=1S/C33H31N9/c1-6-24-15-28(40-32(35)39-24)27-17-38-31-26(27)13-22(16-37-31)21-11-12-36-29(14-21)30-18-41(5)20(2)42(30)25-9-7-23(8-10-25)33(3,4)19-34/h7-18H,2,6H2,1,3-5H3,(H,37,38)(H2,35,39,40). The zero-order valence-corrected chi connectivity index (χ0v) is 24.1. The van der Waals surface area contributed by atoms with E-state index in [1.807, 2.05) is 93.9 Å². The molecule has 4 aromatic heterocycles. The van der Waals surface area contributed by atoms with Crippen LogP contribution in [0.15, 0.2) is 85.7 Å². The van der Waals surface area contributed by atoms with Gasteiger partial charge in [-0.1, -0.05) is 25.6 Å². The second-order valence-corrected chi connectivity index (χ2v) is 10.9. The minimum atomic E-state index is -0.571. The summed E-state index contributed by atoms with van der Waals surface area (Å²) in [4.78, 5) is 25.5. The average molecular weight is 554 g/mol. The Morgan fingerprint density at radius 2 is 1.81 bits per heavy atom. The number of nitriles is 1. The molecule has 1 aliphatic rings. The highest BCUT2D eigenvalue weighted by atomic mass is 15.4. The number of aromatic nitrogens is 5. The van der Waals surface area contributed by atoms with Crippen molar-refractivity contribution in [2.45, 2.75) is 32.6 Å². The maximum Gasteiger partial charge on any atom is 0.220 e. The number of aromatic amines is 1. The Morgan fingerprint density at radius 3 is 2.55 bits per heavy atom.